The molecule has 38 heavy (non-hydrogen) atoms. The van der Waals surface area contributed by atoms with Gasteiger partial charge in [-0.25, -0.2) is 27.9 Å². The Kier molecular flexibility index (Phi) is 9.40. The van der Waals surface area contributed by atoms with Gasteiger partial charge in [0.2, 0.25) is 12.6 Å². The largest absolute Gasteiger partial charge is 0.480 e. The van der Waals surface area contributed by atoms with E-state index in [1.165, 1.54) is 42.8 Å². The molecule has 0 amide bonds. The molecule has 0 aliphatic rings. The van der Waals surface area contributed by atoms with Crippen molar-refractivity contribution in [2.24, 2.45) is 0 Å². The lowest BCUT2D eigenvalue weighted by atomic mass is 9.79. The van der Waals surface area contributed by atoms with Gasteiger partial charge in [0.25, 0.3) is 6.33 Å². The summed E-state index contributed by atoms with van der Waals surface area (Å²) in [5, 5.41) is 26.7. The van der Waals surface area contributed by atoms with Crippen molar-refractivity contribution >= 4 is 23.0 Å². The summed E-state index contributed by atoms with van der Waals surface area (Å²) in [4.78, 5) is 30.7. The molecule has 204 valence electrons. The highest BCUT2D eigenvalue weighted by atomic mass is 32.2. The summed E-state index contributed by atoms with van der Waals surface area (Å²) in [5.41, 5.74) is -2.64. The van der Waals surface area contributed by atoms with Gasteiger partial charge in [-0.05, 0) is 24.9 Å². The SMILES string of the molecule is CN[C@@H](CSC(=O)OC(C)[n+]1cnn(C[C@](O)(c2ccc(F)cc2F)[C@@H](C)c2ncncc2F)c1)C(=O)O. The fourth-order valence-corrected chi connectivity index (χ4v) is 4.50. The Morgan fingerprint density at radius 1 is 1.26 bits per heavy atom. The molecule has 0 saturated heterocycles. The van der Waals surface area contributed by atoms with E-state index < -0.39 is 59.1 Å². The Labute approximate surface area is 219 Å². The van der Waals surface area contributed by atoms with Crippen LogP contribution in [0.5, 0.6) is 0 Å². The van der Waals surface area contributed by atoms with Gasteiger partial charge in [0.15, 0.2) is 5.82 Å². The number of carboxylic acid groups (broad SMARTS) is 1. The number of aliphatic hydroxyl groups is 1. The Hall–Kier alpha value is -3.56. The number of nitrogens with zero attached hydrogens (tertiary/aromatic N) is 5. The maximum Gasteiger partial charge on any atom is 0.370 e. The van der Waals surface area contributed by atoms with Crippen molar-refractivity contribution in [2.45, 2.75) is 44.2 Å². The molecule has 3 N–H and O–H groups in total. The number of nitrogens with one attached hydrogen (secondary N) is 1. The van der Waals surface area contributed by atoms with E-state index in [2.05, 4.69) is 20.4 Å². The predicted octanol–water partition coefficient (Wildman–Crippen LogP) is 2.13. The first-order valence-electron chi connectivity index (χ1n) is 11.3. The van der Waals surface area contributed by atoms with Gasteiger partial charge in [-0.2, -0.15) is 4.57 Å². The number of carbonyl (C=O) groups is 2. The van der Waals surface area contributed by atoms with Gasteiger partial charge < -0.3 is 20.3 Å². The molecule has 2 aromatic heterocycles. The Balaban J connectivity index is 1.83. The highest BCUT2D eigenvalue weighted by Gasteiger charge is 2.43. The molecular formula is C23H26F3N6O5S+. The topological polar surface area (TPSA) is 143 Å². The number of ether oxygens (including phenoxy) is 1. The van der Waals surface area contributed by atoms with Crippen LogP contribution in [0.1, 0.15) is 37.3 Å². The second kappa shape index (κ2) is 12.3. The first kappa shape index (κ1) is 29.0. The molecule has 0 bridgehead atoms. The number of aliphatic carboxylic acids is 1. The van der Waals surface area contributed by atoms with E-state index in [-0.39, 0.29) is 17.0 Å². The second-order valence-corrected chi connectivity index (χ2v) is 9.33. The molecule has 0 saturated carbocycles. The van der Waals surface area contributed by atoms with Crippen LogP contribution in [0.4, 0.5) is 18.0 Å². The zero-order chi connectivity index (χ0) is 28.0. The number of carboxylic acids is 1. The fourth-order valence-electron chi connectivity index (χ4n) is 3.68. The molecular weight excluding hydrogens is 529 g/mol. The minimum absolute atomic E-state index is 0.0604. The standard InChI is InChI=1S/C23H25F3N6O5S/c1-13(20-18(26)7-28-10-29-20)23(36,16-5-4-15(24)6-17(16)25)9-32-12-31(11-30-32)14(2)37-22(35)38-8-19(27-3)21(33)34/h4-7,10-14,19,27,36H,8-9H2,1-3H3/p+1/t13-,14?,19-,23+/m0/s1. The average Bonchev–Trinajstić information content (AvgIpc) is 3.32. The van der Waals surface area contributed by atoms with Crippen molar-refractivity contribution < 1.29 is 42.3 Å². The monoisotopic (exact) mass is 555 g/mol. The molecule has 11 nitrogen and oxygen atoms in total. The Morgan fingerprint density at radius 3 is 2.63 bits per heavy atom. The van der Waals surface area contributed by atoms with Crippen LogP contribution in [0, 0.1) is 17.5 Å². The molecule has 1 aromatic carbocycles. The van der Waals surface area contributed by atoms with E-state index in [1.807, 2.05) is 0 Å². The van der Waals surface area contributed by atoms with Crippen LogP contribution >= 0.6 is 11.8 Å². The van der Waals surface area contributed by atoms with Crippen molar-refractivity contribution in [3.05, 3.63) is 72.1 Å². The number of thioether (sulfide) groups is 1. The third kappa shape index (κ3) is 6.65. The lowest BCUT2D eigenvalue weighted by Gasteiger charge is -2.32. The molecule has 0 radical (unpaired) electrons. The molecule has 0 fully saturated rings. The van der Waals surface area contributed by atoms with E-state index in [1.54, 1.807) is 0 Å². The van der Waals surface area contributed by atoms with E-state index in [9.17, 15) is 27.9 Å². The molecule has 3 aromatic rings. The Bertz CT molecular complexity index is 1300. The number of carbonyl (C=O) groups excluding carboxylic acids is 1. The summed E-state index contributed by atoms with van der Waals surface area (Å²) in [6.07, 6.45) is 3.76. The minimum Gasteiger partial charge on any atom is -0.480 e. The number of halogens is 3. The van der Waals surface area contributed by atoms with E-state index in [4.69, 9.17) is 9.84 Å². The van der Waals surface area contributed by atoms with Gasteiger partial charge in [-0.1, -0.05) is 13.0 Å². The molecule has 1 unspecified atom stereocenters. The summed E-state index contributed by atoms with van der Waals surface area (Å²) in [6.45, 7) is 2.55. The van der Waals surface area contributed by atoms with Gasteiger partial charge >= 0.3 is 11.3 Å². The van der Waals surface area contributed by atoms with E-state index in [0.717, 1.165) is 24.7 Å². The van der Waals surface area contributed by atoms with E-state index >= 15 is 0 Å². The van der Waals surface area contributed by atoms with Gasteiger partial charge in [0.05, 0.1) is 11.9 Å². The highest BCUT2D eigenvalue weighted by molar-refractivity contribution is 8.13. The van der Waals surface area contributed by atoms with Crippen LogP contribution in [-0.2, 0) is 21.7 Å². The summed E-state index contributed by atoms with van der Waals surface area (Å²) >= 11 is 0.675. The highest BCUT2D eigenvalue weighted by Crippen LogP contribution is 2.39. The third-order valence-corrected chi connectivity index (χ3v) is 6.76. The van der Waals surface area contributed by atoms with Crippen molar-refractivity contribution in [3.8, 4) is 0 Å². The number of aromatic nitrogens is 5. The summed E-state index contributed by atoms with van der Waals surface area (Å²) < 4.78 is 50.8. The summed E-state index contributed by atoms with van der Waals surface area (Å²) in [6, 6.07) is 1.70. The number of benzene rings is 1. The molecule has 3 rings (SSSR count). The molecule has 0 aliphatic heterocycles. The first-order chi connectivity index (χ1) is 18.0. The van der Waals surface area contributed by atoms with Crippen molar-refractivity contribution in [1.82, 2.24) is 25.1 Å². The lowest BCUT2D eigenvalue weighted by Crippen LogP contribution is -2.41. The van der Waals surface area contributed by atoms with Crippen molar-refractivity contribution in [1.29, 1.82) is 0 Å². The molecule has 2 heterocycles. The maximum absolute atomic E-state index is 14.8. The molecule has 0 spiro atoms. The summed E-state index contributed by atoms with van der Waals surface area (Å²) in [5.74, 6) is -5.03. The van der Waals surface area contributed by atoms with Crippen molar-refractivity contribution in [3.63, 3.8) is 0 Å². The quantitative estimate of drug-likeness (QED) is 0.238. The molecule has 0 aliphatic carbocycles. The third-order valence-electron chi connectivity index (χ3n) is 5.92. The Morgan fingerprint density at radius 2 is 2.00 bits per heavy atom. The fraction of sp³-hybridized carbons (Fsp3) is 0.391. The van der Waals surface area contributed by atoms with Crippen molar-refractivity contribution in [2.75, 3.05) is 12.8 Å². The average molecular weight is 556 g/mol. The van der Waals surface area contributed by atoms with Crippen LogP contribution in [0.2, 0.25) is 0 Å². The number of likely N-dealkylation sites (N-methyl/N-ethyl adjacent to an activating group) is 1. The van der Waals surface area contributed by atoms with Crippen LogP contribution < -0.4 is 9.88 Å². The molecule has 4 atom stereocenters. The maximum atomic E-state index is 14.8. The van der Waals surface area contributed by atoms with Crippen LogP contribution in [0.15, 0.2) is 43.4 Å². The lowest BCUT2D eigenvalue weighted by molar-refractivity contribution is -0.753. The second-order valence-electron chi connectivity index (χ2n) is 8.37. The number of hydrogen-bond donors (Lipinski definition) is 3. The van der Waals surface area contributed by atoms with Crippen LogP contribution in [0.25, 0.3) is 0 Å². The van der Waals surface area contributed by atoms with Crippen LogP contribution in [0.3, 0.4) is 0 Å². The number of hydrogen-bond acceptors (Lipinski definition) is 9. The van der Waals surface area contributed by atoms with Gasteiger partial charge in [-0.15, -0.1) is 4.68 Å². The smallest absolute Gasteiger partial charge is 0.370 e. The summed E-state index contributed by atoms with van der Waals surface area (Å²) in [7, 11) is 1.45. The first-order valence-corrected chi connectivity index (χ1v) is 12.2. The minimum atomic E-state index is -2.15. The predicted molar refractivity (Wildman–Crippen MR) is 127 cm³/mol. The van der Waals surface area contributed by atoms with Gasteiger partial charge in [0, 0.05) is 35.3 Å². The number of rotatable bonds is 11. The zero-order valence-corrected chi connectivity index (χ0v) is 21.4. The van der Waals surface area contributed by atoms with Gasteiger partial charge in [0.1, 0.15) is 36.1 Å². The van der Waals surface area contributed by atoms with Gasteiger partial charge in [-0.3, -0.25) is 4.79 Å². The van der Waals surface area contributed by atoms with E-state index in [0.29, 0.717) is 17.8 Å². The molecule has 15 heteroatoms. The van der Waals surface area contributed by atoms with Crippen LogP contribution in [-0.4, -0.2) is 60.1 Å². The zero-order valence-electron chi connectivity index (χ0n) is 20.6. The normalized spacial score (nSPS) is 15.3.